The van der Waals surface area contributed by atoms with Gasteiger partial charge in [-0.1, -0.05) is 6.07 Å². The molecule has 23 heavy (non-hydrogen) atoms. The molecule has 4 nitrogen and oxygen atoms in total. The second kappa shape index (κ2) is 4.84. The largest absolute Gasteiger partial charge is 0.497 e. The number of fused-ring (bicyclic) bond motifs is 1. The van der Waals surface area contributed by atoms with Gasteiger partial charge in [-0.05, 0) is 62.2 Å². The van der Waals surface area contributed by atoms with Crippen molar-refractivity contribution in [2.24, 2.45) is 0 Å². The molecule has 0 bridgehead atoms. The lowest BCUT2D eigenvalue weighted by atomic mass is 9.54. The van der Waals surface area contributed by atoms with Gasteiger partial charge in [0.2, 0.25) is 0 Å². The van der Waals surface area contributed by atoms with Gasteiger partial charge in [0.25, 0.3) is 0 Å². The van der Waals surface area contributed by atoms with Crippen LogP contribution in [0.4, 0.5) is 0 Å². The monoisotopic (exact) mass is 313 g/mol. The van der Waals surface area contributed by atoms with Crippen LogP contribution in [-0.2, 0) is 21.4 Å². The minimum absolute atomic E-state index is 0.119. The molecule has 122 valence electrons. The van der Waals surface area contributed by atoms with Gasteiger partial charge in [-0.25, -0.2) is 0 Å². The van der Waals surface area contributed by atoms with E-state index in [0.717, 1.165) is 31.6 Å². The highest BCUT2D eigenvalue weighted by Gasteiger charge is 2.62. The van der Waals surface area contributed by atoms with Crippen molar-refractivity contribution >= 4 is 5.78 Å². The molecule has 2 atom stereocenters. The zero-order valence-electron chi connectivity index (χ0n) is 14.0. The van der Waals surface area contributed by atoms with E-state index in [0.29, 0.717) is 12.2 Å². The smallest absolute Gasteiger partial charge is 0.198 e. The Hall–Kier alpha value is -1.81. The number of hydrogen-bond acceptors (Lipinski definition) is 4. The number of benzene rings is 1. The lowest BCUT2D eigenvalue weighted by Gasteiger charge is -2.53. The zero-order chi connectivity index (χ0) is 16.2. The second-order valence-electron chi connectivity index (χ2n) is 7.01. The molecule has 1 aromatic carbocycles. The van der Waals surface area contributed by atoms with Crippen LogP contribution in [-0.4, -0.2) is 44.0 Å². The standard InChI is InChI=1S/C19H23NO3/c1-20-9-8-18-11-16(21)17(23-3)12-19(18,20)7-6-13-4-5-14(22-2)10-15(13)18/h4-5,10,12H,6-9,11H2,1-3H3. The van der Waals surface area contributed by atoms with E-state index in [4.69, 9.17) is 9.47 Å². The van der Waals surface area contributed by atoms with E-state index in [9.17, 15) is 4.79 Å². The Morgan fingerprint density at radius 1 is 1.17 bits per heavy atom. The van der Waals surface area contributed by atoms with Crippen molar-refractivity contribution in [3.63, 3.8) is 0 Å². The number of Topliss-reactive ketones (excluding diaryl/α,β-unsaturated/α-hetero) is 1. The number of carbonyl (C=O) groups excluding carboxylic acids is 1. The van der Waals surface area contributed by atoms with Crippen LogP contribution in [0.25, 0.3) is 0 Å². The predicted molar refractivity (Wildman–Crippen MR) is 87.7 cm³/mol. The number of nitrogens with zero attached hydrogens (tertiary/aromatic N) is 1. The number of ether oxygens (including phenoxy) is 2. The highest BCUT2D eigenvalue weighted by molar-refractivity contribution is 5.96. The third-order valence-corrected chi connectivity index (χ3v) is 6.32. The second-order valence-corrected chi connectivity index (χ2v) is 7.01. The Balaban J connectivity index is 1.97. The molecule has 0 spiro atoms. The summed E-state index contributed by atoms with van der Waals surface area (Å²) in [4.78, 5) is 15.1. The number of hydrogen-bond donors (Lipinski definition) is 0. The van der Waals surface area contributed by atoms with Crippen molar-refractivity contribution in [2.45, 2.75) is 36.6 Å². The first kappa shape index (κ1) is 14.8. The van der Waals surface area contributed by atoms with Gasteiger partial charge in [0.1, 0.15) is 5.75 Å². The van der Waals surface area contributed by atoms with Gasteiger partial charge < -0.3 is 9.47 Å². The molecule has 0 N–H and O–H groups in total. The molecule has 0 saturated carbocycles. The topological polar surface area (TPSA) is 38.8 Å². The lowest BCUT2D eigenvalue weighted by molar-refractivity contribution is -0.122. The van der Waals surface area contributed by atoms with Crippen molar-refractivity contribution < 1.29 is 14.3 Å². The van der Waals surface area contributed by atoms with E-state index >= 15 is 0 Å². The van der Waals surface area contributed by atoms with Crippen molar-refractivity contribution in [2.75, 3.05) is 27.8 Å². The summed E-state index contributed by atoms with van der Waals surface area (Å²) in [5.74, 6) is 1.52. The average molecular weight is 313 g/mol. The van der Waals surface area contributed by atoms with Gasteiger partial charge in [0.05, 0.1) is 19.8 Å². The number of methoxy groups -OCH3 is 2. The molecule has 2 unspecified atom stereocenters. The molecule has 2 aliphatic carbocycles. The maximum Gasteiger partial charge on any atom is 0.198 e. The minimum atomic E-state index is -0.150. The number of rotatable bonds is 2. The summed E-state index contributed by atoms with van der Waals surface area (Å²) in [6.07, 6.45) is 5.68. The molecule has 1 aliphatic heterocycles. The Morgan fingerprint density at radius 3 is 2.74 bits per heavy atom. The Bertz CT molecular complexity index is 711. The lowest BCUT2D eigenvalue weighted by Crippen LogP contribution is -2.59. The number of likely N-dealkylation sites (tertiary alicyclic amines) is 1. The normalized spacial score (nSPS) is 32.7. The Kier molecular flexibility index (Phi) is 3.11. The third-order valence-electron chi connectivity index (χ3n) is 6.32. The van der Waals surface area contributed by atoms with Crippen molar-refractivity contribution in [1.82, 2.24) is 4.90 Å². The van der Waals surface area contributed by atoms with E-state index < -0.39 is 0 Å². The molecular weight excluding hydrogens is 290 g/mol. The third kappa shape index (κ3) is 1.73. The van der Waals surface area contributed by atoms with E-state index in [-0.39, 0.29) is 16.7 Å². The van der Waals surface area contributed by atoms with Crippen LogP contribution in [0.15, 0.2) is 30.0 Å². The fourth-order valence-corrected chi connectivity index (χ4v) is 5.10. The molecule has 1 fully saturated rings. The van der Waals surface area contributed by atoms with Crippen LogP contribution < -0.4 is 4.74 Å². The maximum atomic E-state index is 12.6. The minimum Gasteiger partial charge on any atom is -0.497 e. The molecule has 0 aromatic heterocycles. The van der Waals surface area contributed by atoms with Crippen LogP contribution in [0.1, 0.15) is 30.4 Å². The van der Waals surface area contributed by atoms with E-state index in [1.807, 2.05) is 6.07 Å². The van der Waals surface area contributed by atoms with Gasteiger partial charge in [-0.15, -0.1) is 0 Å². The molecular formula is C19H23NO3. The van der Waals surface area contributed by atoms with Gasteiger partial charge in [0.15, 0.2) is 11.5 Å². The summed E-state index contributed by atoms with van der Waals surface area (Å²) in [5.41, 5.74) is 2.39. The first-order valence-corrected chi connectivity index (χ1v) is 8.25. The molecule has 1 aromatic rings. The van der Waals surface area contributed by atoms with Crippen LogP contribution in [0.2, 0.25) is 0 Å². The van der Waals surface area contributed by atoms with Crippen molar-refractivity contribution in [3.8, 4) is 5.75 Å². The van der Waals surface area contributed by atoms with Gasteiger partial charge in [0, 0.05) is 11.8 Å². The fourth-order valence-electron chi connectivity index (χ4n) is 5.10. The first-order valence-electron chi connectivity index (χ1n) is 8.25. The fraction of sp³-hybridized carbons (Fsp3) is 0.526. The number of carbonyl (C=O) groups is 1. The van der Waals surface area contributed by atoms with Crippen molar-refractivity contribution in [3.05, 3.63) is 41.2 Å². The quantitative estimate of drug-likeness (QED) is 0.841. The Morgan fingerprint density at radius 2 is 2.00 bits per heavy atom. The number of aryl methyl sites for hydroxylation is 1. The number of likely N-dealkylation sites (N-methyl/N-ethyl adjacent to an activating group) is 1. The summed E-state index contributed by atoms with van der Waals surface area (Å²) in [6, 6.07) is 6.36. The maximum absolute atomic E-state index is 12.6. The van der Waals surface area contributed by atoms with Gasteiger partial charge >= 0.3 is 0 Å². The molecule has 1 saturated heterocycles. The zero-order valence-corrected chi connectivity index (χ0v) is 14.0. The highest BCUT2D eigenvalue weighted by atomic mass is 16.5. The van der Waals surface area contributed by atoms with E-state index in [1.165, 1.54) is 11.1 Å². The summed E-state index contributed by atoms with van der Waals surface area (Å²) in [5, 5.41) is 0. The van der Waals surface area contributed by atoms with Gasteiger partial charge in [-0.2, -0.15) is 0 Å². The molecule has 4 rings (SSSR count). The molecule has 1 heterocycles. The van der Waals surface area contributed by atoms with Crippen LogP contribution in [0.5, 0.6) is 5.75 Å². The molecule has 0 radical (unpaired) electrons. The average Bonchev–Trinajstić information content (AvgIpc) is 2.87. The van der Waals surface area contributed by atoms with E-state index in [2.05, 4.69) is 30.2 Å². The summed E-state index contributed by atoms with van der Waals surface area (Å²) in [7, 11) is 5.47. The van der Waals surface area contributed by atoms with Crippen LogP contribution in [0, 0.1) is 0 Å². The van der Waals surface area contributed by atoms with Gasteiger partial charge in [-0.3, -0.25) is 9.69 Å². The number of allylic oxidation sites excluding steroid dienone is 1. The SMILES string of the molecule is COC1=CC23CCc4ccc(OC)cc4C2(CCN3C)CC1=O. The summed E-state index contributed by atoms with van der Waals surface area (Å²) >= 11 is 0. The molecule has 4 heteroatoms. The van der Waals surface area contributed by atoms with E-state index in [1.54, 1.807) is 14.2 Å². The molecule has 0 amide bonds. The predicted octanol–water partition coefficient (Wildman–Crippen LogP) is 2.46. The number of ketones is 1. The van der Waals surface area contributed by atoms with Crippen molar-refractivity contribution in [1.29, 1.82) is 0 Å². The first-order chi connectivity index (χ1) is 11.1. The summed E-state index contributed by atoms with van der Waals surface area (Å²) < 4.78 is 10.9. The van der Waals surface area contributed by atoms with Crippen LogP contribution >= 0.6 is 0 Å². The highest BCUT2D eigenvalue weighted by Crippen LogP contribution is 2.59. The Labute approximate surface area is 137 Å². The molecule has 3 aliphatic rings. The summed E-state index contributed by atoms with van der Waals surface area (Å²) in [6.45, 7) is 0.997. The van der Waals surface area contributed by atoms with Crippen LogP contribution in [0.3, 0.4) is 0 Å².